The fourth-order valence-electron chi connectivity index (χ4n) is 3.55. The predicted octanol–water partition coefficient (Wildman–Crippen LogP) is 3.32. The Morgan fingerprint density at radius 3 is 2.29 bits per heavy atom. The van der Waals surface area contributed by atoms with Crippen LogP contribution in [-0.4, -0.2) is 16.5 Å². The highest BCUT2D eigenvalue weighted by atomic mass is 16.3. The minimum absolute atomic E-state index is 0.129. The molecule has 0 aromatic rings. The summed E-state index contributed by atoms with van der Waals surface area (Å²) >= 11 is 0. The van der Waals surface area contributed by atoms with Crippen LogP contribution in [0.2, 0.25) is 0 Å². The SMILES string of the molecule is CC1CCC(C(=O)C2(O)CCCCC2)CC1C. The molecule has 0 aliphatic heterocycles. The van der Waals surface area contributed by atoms with Crippen molar-refractivity contribution < 1.29 is 9.90 Å². The van der Waals surface area contributed by atoms with E-state index in [2.05, 4.69) is 13.8 Å². The van der Waals surface area contributed by atoms with E-state index in [0.29, 0.717) is 18.8 Å². The average Bonchev–Trinajstić information content (AvgIpc) is 2.33. The molecule has 17 heavy (non-hydrogen) atoms. The van der Waals surface area contributed by atoms with Gasteiger partial charge in [-0.1, -0.05) is 33.1 Å². The van der Waals surface area contributed by atoms with Crippen molar-refractivity contribution in [2.45, 2.75) is 70.8 Å². The molecule has 0 heterocycles. The van der Waals surface area contributed by atoms with E-state index in [0.717, 1.165) is 38.0 Å². The number of ketones is 1. The fraction of sp³-hybridized carbons (Fsp3) is 0.933. The molecule has 2 fully saturated rings. The normalized spacial score (nSPS) is 37.7. The highest BCUT2D eigenvalue weighted by Gasteiger charge is 2.42. The number of hydrogen-bond acceptors (Lipinski definition) is 2. The van der Waals surface area contributed by atoms with Crippen molar-refractivity contribution in [1.82, 2.24) is 0 Å². The summed E-state index contributed by atoms with van der Waals surface area (Å²) in [5.74, 6) is 1.66. The Morgan fingerprint density at radius 2 is 1.71 bits per heavy atom. The molecule has 2 rings (SSSR count). The maximum atomic E-state index is 12.5. The zero-order valence-electron chi connectivity index (χ0n) is 11.2. The van der Waals surface area contributed by atoms with Crippen molar-refractivity contribution in [1.29, 1.82) is 0 Å². The van der Waals surface area contributed by atoms with Gasteiger partial charge in [0.1, 0.15) is 5.60 Å². The molecule has 0 saturated heterocycles. The summed E-state index contributed by atoms with van der Waals surface area (Å²) < 4.78 is 0. The maximum absolute atomic E-state index is 12.5. The Balaban J connectivity index is 1.99. The van der Waals surface area contributed by atoms with E-state index in [1.54, 1.807) is 0 Å². The van der Waals surface area contributed by atoms with Gasteiger partial charge in [0.2, 0.25) is 0 Å². The molecule has 0 amide bonds. The molecule has 2 heteroatoms. The molecule has 2 aliphatic rings. The lowest BCUT2D eigenvalue weighted by atomic mass is 9.69. The van der Waals surface area contributed by atoms with Gasteiger partial charge in [-0.3, -0.25) is 4.79 Å². The minimum Gasteiger partial charge on any atom is -0.382 e. The molecule has 2 nitrogen and oxygen atoms in total. The second-order valence-corrected chi connectivity index (χ2v) is 6.42. The molecule has 2 aliphatic carbocycles. The third kappa shape index (κ3) is 2.73. The second-order valence-electron chi connectivity index (χ2n) is 6.42. The molecule has 0 radical (unpaired) electrons. The highest BCUT2D eigenvalue weighted by Crippen LogP contribution is 2.39. The monoisotopic (exact) mass is 238 g/mol. The number of carbonyl (C=O) groups is 1. The predicted molar refractivity (Wildman–Crippen MR) is 68.7 cm³/mol. The summed E-state index contributed by atoms with van der Waals surface area (Å²) in [5, 5.41) is 10.5. The Bertz CT molecular complexity index is 279. The van der Waals surface area contributed by atoms with Crippen molar-refractivity contribution in [2.75, 3.05) is 0 Å². The van der Waals surface area contributed by atoms with Crippen molar-refractivity contribution >= 4 is 5.78 Å². The first-order chi connectivity index (χ1) is 8.03. The summed E-state index contributed by atoms with van der Waals surface area (Å²) in [7, 11) is 0. The zero-order valence-corrected chi connectivity index (χ0v) is 11.2. The molecule has 98 valence electrons. The molecule has 2 saturated carbocycles. The molecule has 0 aromatic heterocycles. The van der Waals surface area contributed by atoms with E-state index in [9.17, 15) is 9.90 Å². The first kappa shape index (κ1) is 13.1. The number of aliphatic hydroxyl groups is 1. The Labute approximate surface area is 105 Å². The van der Waals surface area contributed by atoms with Gasteiger partial charge in [0.25, 0.3) is 0 Å². The standard InChI is InChI=1S/C15H26O2/c1-11-6-7-13(10-12(11)2)14(16)15(17)8-4-3-5-9-15/h11-13,17H,3-10H2,1-2H3. The van der Waals surface area contributed by atoms with E-state index >= 15 is 0 Å². The second kappa shape index (κ2) is 5.09. The number of Topliss-reactive ketones (excluding diaryl/α,β-unsaturated/α-hetero) is 1. The quantitative estimate of drug-likeness (QED) is 0.801. The van der Waals surface area contributed by atoms with Crippen molar-refractivity contribution in [3.05, 3.63) is 0 Å². The van der Waals surface area contributed by atoms with E-state index < -0.39 is 5.60 Å². The van der Waals surface area contributed by atoms with Crippen LogP contribution >= 0.6 is 0 Å². The highest BCUT2D eigenvalue weighted by molar-refractivity contribution is 5.89. The van der Waals surface area contributed by atoms with Crippen LogP contribution in [-0.2, 0) is 4.79 Å². The lowest BCUT2D eigenvalue weighted by molar-refractivity contribution is -0.146. The third-order valence-electron chi connectivity index (χ3n) is 5.11. The molecule has 0 aromatic carbocycles. The van der Waals surface area contributed by atoms with Crippen LogP contribution in [0, 0.1) is 17.8 Å². The fourth-order valence-corrected chi connectivity index (χ4v) is 3.55. The molecular weight excluding hydrogens is 212 g/mol. The van der Waals surface area contributed by atoms with Gasteiger partial charge in [0, 0.05) is 5.92 Å². The summed E-state index contributed by atoms with van der Waals surface area (Å²) in [4.78, 5) is 12.5. The van der Waals surface area contributed by atoms with Gasteiger partial charge >= 0.3 is 0 Å². The van der Waals surface area contributed by atoms with Crippen LogP contribution in [0.1, 0.15) is 65.2 Å². The van der Waals surface area contributed by atoms with Gasteiger partial charge in [-0.05, 0) is 43.9 Å². The van der Waals surface area contributed by atoms with Gasteiger partial charge in [0.15, 0.2) is 5.78 Å². The Kier molecular flexibility index (Phi) is 3.92. The lowest BCUT2D eigenvalue weighted by Crippen LogP contribution is -2.45. The smallest absolute Gasteiger partial charge is 0.167 e. The summed E-state index contributed by atoms with van der Waals surface area (Å²) in [6.45, 7) is 4.52. The van der Waals surface area contributed by atoms with Crippen molar-refractivity contribution in [3.8, 4) is 0 Å². The zero-order chi connectivity index (χ0) is 12.5. The first-order valence-electron chi connectivity index (χ1n) is 7.29. The first-order valence-corrected chi connectivity index (χ1v) is 7.29. The van der Waals surface area contributed by atoms with Gasteiger partial charge in [-0.15, -0.1) is 0 Å². The summed E-state index contributed by atoms with van der Waals surface area (Å²) in [5.41, 5.74) is -0.969. The van der Waals surface area contributed by atoms with Gasteiger partial charge in [-0.25, -0.2) is 0 Å². The van der Waals surface area contributed by atoms with Gasteiger partial charge in [0.05, 0.1) is 0 Å². The Morgan fingerprint density at radius 1 is 1.06 bits per heavy atom. The number of hydrogen-bond donors (Lipinski definition) is 1. The lowest BCUT2D eigenvalue weighted by Gasteiger charge is -2.38. The van der Waals surface area contributed by atoms with Crippen LogP contribution in [0.25, 0.3) is 0 Å². The van der Waals surface area contributed by atoms with E-state index in [1.807, 2.05) is 0 Å². The number of rotatable bonds is 2. The van der Waals surface area contributed by atoms with Crippen molar-refractivity contribution in [3.63, 3.8) is 0 Å². The summed E-state index contributed by atoms with van der Waals surface area (Å²) in [6.07, 6.45) is 7.73. The van der Waals surface area contributed by atoms with Crippen LogP contribution in [0.4, 0.5) is 0 Å². The van der Waals surface area contributed by atoms with E-state index in [4.69, 9.17) is 0 Å². The van der Waals surface area contributed by atoms with E-state index in [-0.39, 0.29) is 11.7 Å². The topological polar surface area (TPSA) is 37.3 Å². The van der Waals surface area contributed by atoms with E-state index in [1.165, 1.54) is 6.42 Å². The molecule has 0 bridgehead atoms. The van der Waals surface area contributed by atoms with Gasteiger partial charge in [-0.2, -0.15) is 0 Å². The maximum Gasteiger partial charge on any atom is 0.167 e. The molecular formula is C15H26O2. The van der Waals surface area contributed by atoms with Crippen LogP contribution < -0.4 is 0 Å². The molecule has 3 atom stereocenters. The third-order valence-corrected chi connectivity index (χ3v) is 5.11. The molecule has 3 unspecified atom stereocenters. The minimum atomic E-state index is -0.969. The van der Waals surface area contributed by atoms with Crippen LogP contribution in [0.5, 0.6) is 0 Å². The Hall–Kier alpha value is -0.370. The van der Waals surface area contributed by atoms with Crippen LogP contribution in [0.15, 0.2) is 0 Å². The largest absolute Gasteiger partial charge is 0.382 e. The number of carbonyl (C=O) groups excluding carboxylic acids is 1. The summed E-state index contributed by atoms with van der Waals surface area (Å²) in [6, 6.07) is 0. The van der Waals surface area contributed by atoms with Gasteiger partial charge < -0.3 is 5.11 Å². The van der Waals surface area contributed by atoms with Crippen molar-refractivity contribution in [2.24, 2.45) is 17.8 Å². The van der Waals surface area contributed by atoms with Crippen LogP contribution in [0.3, 0.4) is 0 Å². The molecule has 1 N–H and O–H groups in total. The average molecular weight is 238 g/mol. The molecule has 0 spiro atoms.